The van der Waals surface area contributed by atoms with Gasteiger partial charge in [0.15, 0.2) is 5.96 Å². The SMILES string of the molecule is CC(C)CC(NC(=O)C(CCCNC(=N)N)NC(=O)C(Cc1ccccc1)NC(=O)C(Cc1ccccc1)NC(=O)C(CCCCN)NC(=O)C(C)NC(=O)C1CCCN1C(=O)C(CCCCN)NC(=O)C(N)CCC(=O)NCCNc1cccc2c(S(=O)(=O)O)cccc12)C(=O)NC(CCCCNC(=O)c1ccc(N=Nc2ccc(N(C)C)cc2)cc1)C(N)=O. The van der Waals surface area contributed by atoms with Gasteiger partial charge in [-0.15, -0.1) is 0 Å². The first kappa shape index (κ1) is 101. The van der Waals surface area contributed by atoms with Crippen molar-refractivity contribution < 1.29 is 70.5 Å². The fourth-order valence-corrected chi connectivity index (χ4v) is 14.9. The lowest BCUT2D eigenvalue weighted by molar-refractivity contribution is -0.142. The molecule has 0 aromatic heterocycles. The minimum Gasteiger partial charge on any atom is -0.383 e. The highest BCUT2D eigenvalue weighted by Crippen LogP contribution is 2.30. The molecule has 1 fully saturated rings. The van der Waals surface area contributed by atoms with E-state index in [-0.39, 0.29) is 139 Å². The fraction of sp³-hybridized carbons (Fsp3) is 0.466. The molecular formula is C88H124N22O15S. The van der Waals surface area contributed by atoms with Gasteiger partial charge in [0.05, 0.1) is 17.4 Å². The van der Waals surface area contributed by atoms with Gasteiger partial charge < -0.3 is 102 Å². The summed E-state index contributed by atoms with van der Waals surface area (Å²) in [6, 6.07) is 27.9. The van der Waals surface area contributed by atoms with Crippen molar-refractivity contribution in [3.05, 3.63) is 162 Å². The number of nitrogens with two attached hydrogens (primary N) is 5. The van der Waals surface area contributed by atoms with Gasteiger partial charge in [-0.2, -0.15) is 18.6 Å². The summed E-state index contributed by atoms with van der Waals surface area (Å²) in [5, 5.41) is 50.6. The van der Waals surface area contributed by atoms with Gasteiger partial charge in [0.25, 0.3) is 16.0 Å². The number of nitrogens with zero attached hydrogens (tertiary/aromatic N) is 4. The second-order valence-electron chi connectivity index (χ2n) is 31.8. The molecule has 6 aromatic rings. The number of benzene rings is 6. The highest BCUT2D eigenvalue weighted by Gasteiger charge is 2.40. The smallest absolute Gasteiger partial charge is 0.295 e. The number of hydrogen-bond acceptors (Lipinski definition) is 22. The van der Waals surface area contributed by atoms with Crippen molar-refractivity contribution in [1.82, 2.24) is 63.4 Å². The van der Waals surface area contributed by atoms with E-state index in [4.69, 9.17) is 34.1 Å². The van der Waals surface area contributed by atoms with Crippen molar-refractivity contribution in [1.29, 1.82) is 5.41 Å². The third-order valence-corrected chi connectivity index (χ3v) is 22.0. The molecule has 1 saturated heterocycles. The number of azo groups is 1. The number of rotatable bonds is 53. The standard InChI is InChI=1S/C88H124N22O15S/c1-55(2)52-71(83(118)100-67(77(92)112)28-14-17-47-97-79(114)59-35-37-60(38-36-59)107-108-61-39-41-62(42-40-61)109(4)5)104-82(117)69(32-20-48-98-88(93)94)102-84(119)72(53-57-22-8-6-9-23-57)106-85(120)73(54-58-24-10-7-11-25-58)105-81(116)68(29-12-15-45-89)101-78(113)56(3)99-86(121)74-33-21-51-110(74)87(122)70(30-13-16-46-90)103-80(115)65(91)43-44-76(111)96-50-49-95-66-31-18-27-64-63(66)26-19-34-75(64)126(123,124)125/h6-11,18-19,22-27,31,34-42,55-56,65,67-74,95H,12-17,20-21,28-30,32-33,43-54,89-91H2,1-5H3,(H2,92,112)(H,96,111)(H,97,114)(H,99,121)(H,100,118)(H,101,113)(H,102,119)(H,103,115)(H,104,117)(H,105,116)(H,106,120)(H4,93,94,98)(H,123,124,125). The molecule has 1 aliphatic rings. The van der Waals surface area contributed by atoms with Crippen molar-refractivity contribution in [3.8, 4) is 0 Å². The lowest BCUT2D eigenvalue weighted by Gasteiger charge is -2.30. The third-order valence-electron chi connectivity index (χ3n) is 21.1. The Bertz CT molecular complexity index is 4780. The fourth-order valence-electron chi connectivity index (χ4n) is 14.2. The minimum absolute atomic E-state index is 0.00777. The van der Waals surface area contributed by atoms with Crippen molar-refractivity contribution >= 4 is 120 Å². The molecule has 0 spiro atoms. The average molecular weight is 1760 g/mol. The van der Waals surface area contributed by atoms with E-state index in [2.05, 4.69) is 74.0 Å². The highest BCUT2D eigenvalue weighted by molar-refractivity contribution is 7.86. The van der Waals surface area contributed by atoms with Gasteiger partial charge in [-0.25, -0.2) is 0 Å². The van der Waals surface area contributed by atoms with E-state index >= 15 is 9.59 Å². The molecule has 38 heteroatoms. The van der Waals surface area contributed by atoms with Crippen LogP contribution in [0.4, 0.5) is 22.7 Å². The number of fused-ring (bicyclic) bond motifs is 1. The molecule has 1 aliphatic heterocycles. The summed E-state index contributed by atoms with van der Waals surface area (Å²) in [6.45, 7) is 6.31. The number of amides is 12. The summed E-state index contributed by atoms with van der Waals surface area (Å²) >= 11 is 0. The molecule has 0 radical (unpaired) electrons. The number of carbonyl (C=O) groups excluding carboxylic acids is 12. The third kappa shape index (κ3) is 33.5. The first-order valence-corrected chi connectivity index (χ1v) is 44.1. The van der Waals surface area contributed by atoms with Crippen LogP contribution in [0.5, 0.6) is 0 Å². The van der Waals surface area contributed by atoms with E-state index in [9.17, 15) is 60.9 Å². The summed E-state index contributed by atoms with van der Waals surface area (Å²) in [6.07, 6.45) is 2.73. The Hall–Kier alpha value is -12.5. The summed E-state index contributed by atoms with van der Waals surface area (Å²) in [5.41, 5.74) is 33.8. The van der Waals surface area contributed by atoms with Gasteiger partial charge in [-0.3, -0.25) is 67.5 Å². The molecule has 682 valence electrons. The molecule has 10 atom stereocenters. The summed E-state index contributed by atoms with van der Waals surface area (Å²) in [7, 11) is -0.618. The van der Waals surface area contributed by atoms with E-state index in [1.807, 2.05) is 57.1 Å². The van der Waals surface area contributed by atoms with Crippen molar-refractivity contribution in [2.75, 3.05) is 70.1 Å². The van der Waals surface area contributed by atoms with E-state index in [0.717, 1.165) is 5.69 Å². The molecule has 0 saturated carbocycles. The van der Waals surface area contributed by atoms with Gasteiger partial charge in [0, 0.05) is 93.8 Å². The van der Waals surface area contributed by atoms with Crippen LogP contribution < -0.4 is 97.4 Å². The number of primary amides is 1. The van der Waals surface area contributed by atoms with Crippen molar-refractivity contribution in [2.45, 2.75) is 202 Å². The summed E-state index contributed by atoms with van der Waals surface area (Å²) in [5.74, 6) is -9.07. The molecule has 0 aliphatic carbocycles. The summed E-state index contributed by atoms with van der Waals surface area (Å²) < 4.78 is 33.7. The maximum atomic E-state index is 15.1. The van der Waals surface area contributed by atoms with Crippen LogP contribution in [-0.4, -0.2) is 215 Å². The average Bonchev–Trinajstić information content (AvgIpc) is 0.904. The lowest BCUT2D eigenvalue weighted by Crippen LogP contribution is -2.61. The van der Waals surface area contributed by atoms with E-state index in [1.54, 1.807) is 109 Å². The van der Waals surface area contributed by atoms with Crippen LogP contribution in [0.3, 0.4) is 0 Å². The summed E-state index contributed by atoms with van der Waals surface area (Å²) in [4.78, 5) is 173. The molecule has 0 bridgehead atoms. The topological polar surface area (TPSA) is 589 Å². The molecule has 37 nitrogen and oxygen atoms in total. The molecular weight excluding hydrogens is 1640 g/mol. The van der Waals surface area contributed by atoms with Crippen LogP contribution in [0.15, 0.2) is 161 Å². The van der Waals surface area contributed by atoms with Crippen molar-refractivity contribution in [3.63, 3.8) is 0 Å². The van der Waals surface area contributed by atoms with Gasteiger partial charge >= 0.3 is 0 Å². The van der Waals surface area contributed by atoms with Crippen LogP contribution in [0.1, 0.15) is 145 Å². The van der Waals surface area contributed by atoms with Crippen LogP contribution >= 0.6 is 0 Å². The van der Waals surface area contributed by atoms with Crippen LogP contribution in [-0.2, 0) is 75.7 Å². The monoisotopic (exact) mass is 1760 g/mol. The normalized spacial score (nSPS) is 14.7. The second kappa shape index (κ2) is 51.7. The zero-order valence-electron chi connectivity index (χ0n) is 72.1. The Balaban J connectivity index is 0.976. The maximum absolute atomic E-state index is 15.1. The van der Waals surface area contributed by atoms with Crippen molar-refractivity contribution in [2.24, 2.45) is 44.8 Å². The minimum atomic E-state index is -4.50. The number of carbonyl (C=O) groups is 12. The highest BCUT2D eigenvalue weighted by atomic mass is 32.2. The second-order valence-corrected chi connectivity index (χ2v) is 33.2. The molecule has 12 amide bonds. The van der Waals surface area contributed by atoms with E-state index in [1.165, 1.54) is 24.0 Å². The van der Waals surface area contributed by atoms with Gasteiger partial charge in [0.2, 0.25) is 65.0 Å². The number of likely N-dealkylation sites (tertiary alicyclic amines) is 1. The number of unbranched alkanes of at least 4 members (excludes halogenated alkanes) is 3. The number of hydrogen-bond donors (Lipinski definition) is 19. The predicted octanol–water partition coefficient (Wildman–Crippen LogP) is 3.23. The number of guanidine groups is 1. The first-order chi connectivity index (χ1) is 60.2. The van der Waals surface area contributed by atoms with Gasteiger partial charge in [-0.1, -0.05) is 98.8 Å². The Kier molecular flexibility index (Phi) is 41.2. The Labute approximate surface area is 735 Å². The molecule has 7 rings (SSSR count). The quantitative estimate of drug-likeness (QED) is 0.00857. The van der Waals surface area contributed by atoms with Crippen LogP contribution in [0.25, 0.3) is 10.8 Å². The Morgan fingerprint density at radius 3 is 1.56 bits per heavy atom. The van der Waals surface area contributed by atoms with E-state index in [0.29, 0.717) is 89.5 Å². The van der Waals surface area contributed by atoms with Gasteiger partial charge in [0.1, 0.15) is 59.3 Å². The molecule has 126 heavy (non-hydrogen) atoms. The molecule has 24 N–H and O–H groups in total. The molecule has 1 heterocycles. The largest absolute Gasteiger partial charge is 0.383 e. The molecule has 6 aromatic carbocycles. The first-order valence-electron chi connectivity index (χ1n) is 42.6. The Morgan fingerprint density at radius 1 is 0.508 bits per heavy atom. The van der Waals surface area contributed by atoms with E-state index < -0.39 is 136 Å². The van der Waals surface area contributed by atoms with Gasteiger partial charge in [-0.05, 0) is 194 Å². The Morgan fingerprint density at radius 2 is 1.00 bits per heavy atom. The number of nitrogens with one attached hydrogen (secondary N) is 13. The number of anilines is 2. The zero-order chi connectivity index (χ0) is 91.8. The molecule has 10 unspecified atom stereocenters. The van der Waals surface area contributed by atoms with Crippen LogP contribution in [0, 0.1) is 11.3 Å². The van der Waals surface area contributed by atoms with Crippen LogP contribution in [0.2, 0.25) is 0 Å². The lowest BCUT2D eigenvalue weighted by atomic mass is 10.00. The predicted molar refractivity (Wildman–Crippen MR) is 480 cm³/mol. The maximum Gasteiger partial charge on any atom is 0.295 e. The zero-order valence-corrected chi connectivity index (χ0v) is 72.9.